The topological polar surface area (TPSA) is 147 Å². The second-order valence-corrected chi connectivity index (χ2v) is 5.35. The molecular weight excluding hydrogens is 296 g/mol. The van der Waals surface area contributed by atoms with E-state index in [1.807, 2.05) is 0 Å². The lowest BCUT2D eigenvalue weighted by atomic mass is 10.3. The van der Waals surface area contributed by atoms with Crippen molar-refractivity contribution in [3.8, 4) is 0 Å². The van der Waals surface area contributed by atoms with Crippen molar-refractivity contribution in [2.24, 2.45) is 0 Å². The van der Waals surface area contributed by atoms with Gasteiger partial charge in [-0.25, -0.2) is 0 Å². The zero-order chi connectivity index (χ0) is 15.6. The van der Waals surface area contributed by atoms with E-state index >= 15 is 0 Å². The zero-order valence-corrected chi connectivity index (χ0v) is 11.5. The first-order valence-electron chi connectivity index (χ1n) is 5.83. The van der Waals surface area contributed by atoms with Crippen LogP contribution in [-0.4, -0.2) is 66.8 Å². The molecule has 1 unspecified atom stereocenters. The van der Waals surface area contributed by atoms with Crippen LogP contribution in [0.15, 0.2) is 0 Å². The van der Waals surface area contributed by atoms with Gasteiger partial charge in [0.2, 0.25) is 0 Å². The second kappa shape index (κ2) is 9.64. The van der Waals surface area contributed by atoms with Gasteiger partial charge in [-0.05, 0) is 0 Å². The van der Waals surface area contributed by atoms with Gasteiger partial charge in [0, 0.05) is 26.1 Å². The van der Waals surface area contributed by atoms with Crippen LogP contribution >= 0.6 is 0 Å². The van der Waals surface area contributed by atoms with Crippen LogP contribution in [0.5, 0.6) is 0 Å². The minimum Gasteiger partial charge on any atom is -0.466 e. The molecule has 0 spiro atoms. The Morgan fingerprint density at radius 3 is 1.95 bits per heavy atom. The third-order valence-electron chi connectivity index (χ3n) is 2.09. The van der Waals surface area contributed by atoms with E-state index in [4.69, 9.17) is 14.8 Å². The van der Waals surface area contributed by atoms with Gasteiger partial charge in [-0.3, -0.25) is 14.1 Å². The largest absolute Gasteiger partial charge is 0.466 e. The van der Waals surface area contributed by atoms with Crippen LogP contribution in [0.4, 0.5) is 0 Å². The summed E-state index contributed by atoms with van der Waals surface area (Å²) >= 11 is 0. The van der Waals surface area contributed by atoms with Crippen molar-refractivity contribution in [2.45, 2.75) is 24.5 Å². The van der Waals surface area contributed by atoms with Gasteiger partial charge in [0.1, 0.15) is 0 Å². The molecule has 0 aromatic heterocycles. The third kappa shape index (κ3) is 8.04. The maximum Gasteiger partial charge on any atom is 0.327 e. The van der Waals surface area contributed by atoms with Gasteiger partial charge < -0.3 is 19.7 Å². The van der Waals surface area contributed by atoms with Crippen molar-refractivity contribution >= 4 is 22.1 Å². The molecule has 0 saturated heterocycles. The number of hydrogen-bond acceptors (Lipinski definition) is 8. The highest BCUT2D eigenvalue weighted by atomic mass is 32.2. The second-order valence-electron chi connectivity index (χ2n) is 3.75. The van der Waals surface area contributed by atoms with Crippen molar-refractivity contribution in [3.63, 3.8) is 0 Å². The van der Waals surface area contributed by atoms with Gasteiger partial charge in [0.05, 0.1) is 19.6 Å². The van der Waals surface area contributed by atoms with Crippen molar-refractivity contribution in [3.05, 3.63) is 0 Å². The normalized spacial score (nSPS) is 12.8. The fourth-order valence-corrected chi connectivity index (χ4v) is 1.76. The van der Waals surface area contributed by atoms with Crippen LogP contribution in [0.3, 0.4) is 0 Å². The van der Waals surface area contributed by atoms with Crippen LogP contribution in [0.25, 0.3) is 0 Å². The Morgan fingerprint density at radius 1 is 1.00 bits per heavy atom. The molecule has 0 heterocycles. The van der Waals surface area contributed by atoms with E-state index < -0.39 is 33.7 Å². The maximum atomic E-state index is 11.4. The van der Waals surface area contributed by atoms with E-state index in [-0.39, 0.29) is 39.3 Å². The van der Waals surface area contributed by atoms with Crippen molar-refractivity contribution in [2.75, 3.05) is 26.4 Å². The fourth-order valence-electron chi connectivity index (χ4n) is 1.10. The van der Waals surface area contributed by atoms with Crippen LogP contribution < -0.4 is 0 Å². The number of carbonyl (C=O) groups excluding carboxylic acids is 2. The van der Waals surface area contributed by atoms with Crippen molar-refractivity contribution in [1.82, 2.24) is 0 Å². The Kier molecular flexibility index (Phi) is 9.05. The standard InChI is InChI=1S/C10H18O9S/c11-3-1-5-18-9(13)7-8(20(15,16)17)10(14)19-6-2-4-12/h8,11-12H,1-7H2,(H,15,16,17). The Balaban J connectivity index is 4.50. The Hall–Kier alpha value is -1.23. The summed E-state index contributed by atoms with van der Waals surface area (Å²) in [4.78, 5) is 22.7. The summed E-state index contributed by atoms with van der Waals surface area (Å²) in [6.07, 6.45) is -0.615. The van der Waals surface area contributed by atoms with E-state index in [1.165, 1.54) is 0 Å². The SMILES string of the molecule is O=C(CC(C(=O)OCCCO)S(=O)(=O)O)OCCCO. The summed E-state index contributed by atoms with van der Waals surface area (Å²) in [6, 6.07) is 0. The molecular formula is C10H18O9S. The molecule has 0 aromatic carbocycles. The molecule has 3 N–H and O–H groups in total. The summed E-state index contributed by atoms with van der Waals surface area (Å²) in [5, 5.41) is 14.9. The molecule has 10 heteroatoms. The molecule has 9 nitrogen and oxygen atoms in total. The van der Waals surface area contributed by atoms with Crippen LogP contribution in [0, 0.1) is 0 Å². The smallest absolute Gasteiger partial charge is 0.327 e. The van der Waals surface area contributed by atoms with E-state index in [0.717, 1.165) is 0 Å². The molecule has 0 aromatic rings. The summed E-state index contributed by atoms with van der Waals surface area (Å²) in [7, 11) is -4.81. The highest BCUT2D eigenvalue weighted by Crippen LogP contribution is 2.09. The van der Waals surface area contributed by atoms with Crippen LogP contribution in [-0.2, 0) is 29.2 Å². The summed E-state index contributed by atoms with van der Waals surface area (Å²) < 4.78 is 40.0. The first-order chi connectivity index (χ1) is 9.32. The minimum absolute atomic E-state index is 0.102. The molecule has 0 fully saturated rings. The predicted octanol–water partition coefficient (Wildman–Crippen LogP) is -1.52. The summed E-state index contributed by atoms with van der Waals surface area (Å²) in [5.74, 6) is -2.31. The lowest BCUT2D eigenvalue weighted by molar-refractivity contribution is -0.150. The number of aliphatic hydroxyl groups is 2. The predicted molar refractivity (Wildman–Crippen MR) is 65.3 cm³/mol. The highest BCUT2D eigenvalue weighted by Gasteiger charge is 2.35. The molecule has 0 aliphatic rings. The molecule has 0 aliphatic heterocycles. The van der Waals surface area contributed by atoms with Crippen molar-refractivity contribution in [1.29, 1.82) is 0 Å². The molecule has 0 aliphatic carbocycles. The first kappa shape index (κ1) is 18.8. The lowest BCUT2D eigenvalue weighted by Gasteiger charge is -2.12. The molecule has 0 bridgehead atoms. The monoisotopic (exact) mass is 314 g/mol. The van der Waals surface area contributed by atoms with Gasteiger partial charge >= 0.3 is 11.9 Å². The summed E-state index contributed by atoms with van der Waals surface area (Å²) in [5.41, 5.74) is 0. The minimum atomic E-state index is -4.81. The van der Waals surface area contributed by atoms with Gasteiger partial charge in [0.15, 0.2) is 5.25 Å². The number of ether oxygens (including phenoxy) is 2. The van der Waals surface area contributed by atoms with Crippen LogP contribution in [0.1, 0.15) is 19.3 Å². The lowest BCUT2D eigenvalue weighted by Crippen LogP contribution is -2.34. The number of rotatable bonds is 10. The number of hydrogen-bond donors (Lipinski definition) is 3. The molecule has 0 radical (unpaired) electrons. The van der Waals surface area contributed by atoms with E-state index in [0.29, 0.717) is 0 Å². The first-order valence-corrected chi connectivity index (χ1v) is 7.33. The average molecular weight is 314 g/mol. The molecule has 1 atom stereocenters. The third-order valence-corrected chi connectivity index (χ3v) is 3.16. The maximum absolute atomic E-state index is 11.4. The Bertz CT molecular complexity index is 403. The van der Waals surface area contributed by atoms with Gasteiger partial charge in [-0.2, -0.15) is 8.42 Å². The summed E-state index contributed by atoms with van der Waals surface area (Å²) in [6.45, 7) is -0.834. The van der Waals surface area contributed by atoms with Gasteiger partial charge in [-0.15, -0.1) is 0 Å². The number of carbonyl (C=O) groups is 2. The highest BCUT2D eigenvalue weighted by molar-refractivity contribution is 7.87. The van der Waals surface area contributed by atoms with E-state index in [2.05, 4.69) is 9.47 Å². The average Bonchev–Trinajstić information content (AvgIpc) is 2.35. The molecule has 20 heavy (non-hydrogen) atoms. The number of aliphatic hydroxyl groups excluding tert-OH is 2. The Morgan fingerprint density at radius 2 is 1.50 bits per heavy atom. The molecule has 0 saturated carbocycles. The molecule has 118 valence electrons. The van der Waals surface area contributed by atoms with E-state index in [9.17, 15) is 18.0 Å². The van der Waals surface area contributed by atoms with Gasteiger partial charge in [-0.1, -0.05) is 0 Å². The van der Waals surface area contributed by atoms with E-state index in [1.54, 1.807) is 0 Å². The Labute approximate surface area is 116 Å². The van der Waals surface area contributed by atoms with Gasteiger partial charge in [0.25, 0.3) is 10.1 Å². The zero-order valence-electron chi connectivity index (χ0n) is 10.7. The fraction of sp³-hybridized carbons (Fsp3) is 0.800. The number of esters is 2. The molecule has 0 amide bonds. The quantitative estimate of drug-likeness (QED) is 0.248. The van der Waals surface area contributed by atoms with Crippen LogP contribution in [0.2, 0.25) is 0 Å². The molecule has 0 rings (SSSR count). The van der Waals surface area contributed by atoms with Crippen molar-refractivity contribution < 1.29 is 42.2 Å².